The van der Waals surface area contributed by atoms with Crippen LogP contribution in [0.3, 0.4) is 0 Å². The van der Waals surface area contributed by atoms with Gasteiger partial charge in [-0.05, 0) is 18.2 Å². The van der Waals surface area contributed by atoms with E-state index in [0.717, 1.165) is 0 Å². The molecule has 1 aromatic carbocycles. The van der Waals surface area contributed by atoms with E-state index in [2.05, 4.69) is 0 Å². The maximum atomic E-state index is 11.3. The van der Waals surface area contributed by atoms with E-state index < -0.39 is 0 Å². The van der Waals surface area contributed by atoms with Crippen molar-refractivity contribution in [1.29, 1.82) is 5.26 Å². The molecular formula is C10H8ClNO. The van der Waals surface area contributed by atoms with Crippen LogP contribution in [0.5, 0.6) is 0 Å². The molecule has 0 atom stereocenters. The van der Waals surface area contributed by atoms with E-state index in [9.17, 15) is 4.79 Å². The predicted molar refractivity (Wildman–Crippen MR) is 50.8 cm³/mol. The van der Waals surface area contributed by atoms with Crippen LogP contribution in [0.4, 0.5) is 0 Å². The van der Waals surface area contributed by atoms with Gasteiger partial charge in [-0.25, -0.2) is 0 Å². The van der Waals surface area contributed by atoms with E-state index in [-0.39, 0.29) is 5.78 Å². The van der Waals surface area contributed by atoms with Crippen molar-refractivity contribution in [1.82, 2.24) is 0 Å². The first-order chi connectivity index (χ1) is 6.19. The van der Waals surface area contributed by atoms with Gasteiger partial charge in [-0.2, -0.15) is 5.26 Å². The molecule has 0 radical (unpaired) electrons. The van der Waals surface area contributed by atoms with E-state index >= 15 is 0 Å². The number of Topliss-reactive ketones (excluding diaryl/α,β-unsaturated/α-hetero) is 1. The van der Waals surface area contributed by atoms with Crippen molar-refractivity contribution in [2.45, 2.75) is 13.3 Å². The third kappa shape index (κ3) is 2.07. The summed E-state index contributed by atoms with van der Waals surface area (Å²) in [5.74, 6) is -0.00510. The largest absolute Gasteiger partial charge is 0.294 e. The Hall–Kier alpha value is -1.33. The van der Waals surface area contributed by atoms with Crippen LogP contribution in [-0.4, -0.2) is 5.78 Å². The van der Waals surface area contributed by atoms with Crippen molar-refractivity contribution in [2.75, 3.05) is 0 Å². The number of hydrogen-bond donors (Lipinski definition) is 0. The summed E-state index contributed by atoms with van der Waals surface area (Å²) < 4.78 is 0. The van der Waals surface area contributed by atoms with Gasteiger partial charge in [-0.3, -0.25) is 4.79 Å². The molecule has 0 heterocycles. The van der Waals surface area contributed by atoms with Gasteiger partial charge >= 0.3 is 0 Å². The van der Waals surface area contributed by atoms with E-state index in [1.54, 1.807) is 19.1 Å². The van der Waals surface area contributed by atoms with Crippen LogP contribution in [0.2, 0.25) is 5.02 Å². The van der Waals surface area contributed by atoms with Crippen molar-refractivity contribution >= 4 is 17.4 Å². The summed E-state index contributed by atoms with van der Waals surface area (Å²) in [6.07, 6.45) is 0.422. The summed E-state index contributed by atoms with van der Waals surface area (Å²) in [7, 11) is 0. The molecule has 0 spiro atoms. The molecule has 1 aromatic rings. The van der Waals surface area contributed by atoms with Crippen LogP contribution in [0.1, 0.15) is 29.3 Å². The van der Waals surface area contributed by atoms with Crippen molar-refractivity contribution in [3.63, 3.8) is 0 Å². The second kappa shape index (κ2) is 4.06. The highest BCUT2D eigenvalue weighted by Gasteiger charge is 2.08. The van der Waals surface area contributed by atoms with Gasteiger partial charge in [0.25, 0.3) is 0 Å². The Morgan fingerprint density at radius 3 is 2.77 bits per heavy atom. The van der Waals surface area contributed by atoms with Gasteiger partial charge in [-0.15, -0.1) is 0 Å². The Morgan fingerprint density at radius 1 is 1.62 bits per heavy atom. The average molecular weight is 194 g/mol. The fraction of sp³-hybridized carbons (Fsp3) is 0.200. The van der Waals surface area contributed by atoms with Gasteiger partial charge in [0.2, 0.25) is 0 Å². The average Bonchev–Trinajstić information content (AvgIpc) is 2.16. The van der Waals surface area contributed by atoms with Crippen molar-refractivity contribution in [2.24, 2.45) is 0 Å². The van der Waals surface area contributed by atoms with Crippen LogP contribution in [0.15, 0.2) is 18.2 Å². The van der Waals surface area contributed by atoms with Crippen LogP contribution < -0.4 is 0 Å². The number of nitrogens with zero attached hydrogens (tertiary/aromatic N) is 1. The normalized spacial score (nSPS) is 9.31. The van der Waals surface area contributed by atoms with Gasteiger partial charge in [0, 0.05) is 12.0 Å². The summed E-state index contributed by atoms with van der Waals surface area (Å²) in [6.45, 7) is 1.77. The molecule has 1 rings (SSSR count). The van der Waals surface area contributed by atoms with Crippen molar-refractivity contribution in [3.05, 3.63) is 34.3 Å². The van der Waals surface area contributed by atoms with E-state index in [1.165, 1.54) is 6.07 Å². The molecule has 0 aliphatic rings. The van der Waals surface area contributed by atoms with Crippen LogP contribution in [-0.2, 0) is 0 Å². The SMILES string of the molecule is CCC(=O)c1ccc(C#N)cc1Cl. The monoisotopic (exact) mass is 193 g/mol. The van der Waals surface area contributed by atoms with Gasteiger partial charge in [0.05, 0.1) is 16.7 Å². The number of carbonyl (C=O) groups excluding carboxylic acids is 1. The summed E-state index contributed by atoms with van der Waals surface area (Å²) in [5, 5.41) is 8.91. The highest BCUT2D eigenvalue weighted by Crippen LogP contribution is 2.18. The standard InChI is InChI=1S/C10H8ClNO/c1-2-10(13)8-4-3-7(6-12)5-9(8)11/h3-5H,2H2,1H3. The zero-order chi connectivity index (χ0) is 9.84. The molecule has 0 aliphatic heterocycles. The second-order valence-corrected chi connectivity index (χ2v) is 2.99. The Kier molecular flexibility index (Phi) is 3.05. The molecule has 0 saturated heterocycles. The Bertz CT molecular complexity index is 379. The van der Waals surface area contributed by atoms with Crippen molar-refractivity contribution < 1.29 is 4.79 Å². The first kappa shape index (κ1) is 9.76. The third-order valence-electron chi connectivity index (χ3n) is 1.72. The second-order valence-electron chi connectivity index (χ2n) is 2.58. The van der Waals surface area contributed by atoms with Crippen LogP contribution in [0, 0.1) is 11.3 Å². The zero-order valence-corrected chi connectivity index (χ0v) is 7.93. The quantitative estimate of drug-likeness (QED) is 0.678. The smallest absolute Gasteiger partial charge is 0.164 e. The lowest BCUT2D eigenvalue weighted by atomic mass is 10.1. The lowest BCUT2D eigenvalue weighted by Gasteiger charge is -2.00. The van der Waals surface area contributed by atoms with Crippen molar-refractivity contribution in [3.8, 4) is 6.07 Å². The molecule has 0 aliphatic carbocycles. The van der Waals surface area contributed by atoms with E-state index in [0.29, 0.717) is 22.6 Å². The number of rotatable bonds is 2. The topological polar surface area (TPSA) is 40.9 Å². The fourth-order valence-electron chi connectivity index (χ4n) is 1.00. The molecule has 0 saturated carbocycles. The first-order valence-electron chi connectivity index (χ1n) is 3.92. The highest BCUT2D eigenvalue weighted by atomic mass is 35.5. The Labute approximate surface area is 81.7 Å². The molecule has 0 aromatic heterocycles. The highest BCUT2D eigenvalue weighted by molar-refractivity contribution is 6.34. The molecule has 0 amide bonds. The van der Waals surface area contributed by atoms with Crippen LogP contribution in [0.25, 0.3) is 0 Å². The van der Waals surface area contributed by atoms with E-state index in [1.807, 2.05) is 6.07 Å². The molecular weight excluding hydrogens is 186 g/mol. The number of benzene rings is 1. The minimum Gasteiger partial charge on any atom is -0.294 e. The number of hydrogen-bond acceptors (Lipinski definition) is 2. The third-order valence-corrected chi connectivity index (χ3v) is 2.03. The molecule has 3 heteroatoms. The summed E-state index contributed by atoms with van der Waals surface area (Å²) in [5.41, 5.74) is 0.959. The predicted octanol–water partition coefficient (Wildman–Crippen LogP) is 2.80. The summed E-state index contributed by atoms with van der Waals surface area (Å²) in [4.78, 5) is 11.3. The first-order valence-corrected chi connectivity index (χ1v) is 4.29. The number of halogens is 1. The lowest BCUT2D eigenvalue weighted by molar-refractivity contribution is 0.0988. The van der Waals surface area contributed by atoms with Gasteiger partial charge < -0.3 is 0 Å². The lowest BCUT2D eigenvalue weighted by Crippen LogP contribution is -1.97. The van der Waals surface area contributed by atoms with Gasteiger partial charge in [0.1, 0.15) is 0 Å². The molecule has 0 fully saturated rings. The summed E-state index contributed by atoms with van der Waals surface area (Å²) >= 11 is 5.81. The maximum absolute atomic E-state index is 11.3. The Balaban J connectivity index is 3.14. The summed E-state index contributed by atoms with van der Waals surface area (Å²) in [6, 6.07) is 6.64. The minimum atomic E-state index is -0.00510. The van der Waals surface area contributed by atoms with Crippen LogP contribution >= 0.6 is 11.6 Å². The fourth-order valence-corrected chi connectivity index (χ4v) is 1.29. The van der Waals surface area contributed by atoms with Gasteiger partial charge in [0.15, 0.2) is 5.78 Å². The Morgan fingerprint density at radius 2 is 2.31 bits per heavy atom. The van der Waals surface area contributed by atoms with Gasteiger partial charge in [-0.1, -0.05) is 18.5 Å². The maximum Gasteiger partial charge on any atom is 0.164 e. The minimum absolute atomic E-state index is 0.00510. The number of nitriles is 1. The molecule has 2 nitrogen and oxygen atoms in total. The molecule has 13 heavy (non-hydrogen) atoms. The molecule has 0 bridgehead atoms. The molecule has 0 N–H and O–H groups in total. The molecule has 0 unspecified atom stereocenters. The number of ketones is 1. The van der Waals surface area contributed by atoms with E-state index in [4.69, 9.17) is 16.9 Å². The number of carbonyl (C=O) groups is 1. The zero-order valence-electron chi connectivity index (χ0n) is 7.17. The molecule has 66 valence electrons.